The Morgan fingerprint density at radius 2 is 0.837 bits per heavy atom. The van der Waals surface area contributed by atoms with Gasteiger partial charge in [0.1, 0.15) is 11.2 Å². The highest BCUT2D eigenvalue weighted by atomic mass is 16.3. The predicted molar refractivity (Wildman–Crippen MR) is 206 cm³/mol. The molecule has 3 heteroatoms. The van der Waals surface area contributed by atoms with E-state index in [4.69, 9.17) is 4.42 Å². The third-order valence-corrected chi connectivity index (χ3v) is 9.19. The van der Waals surface area contributed by atoms with E-state index in [9.17, 15) is 0 Å². The lowest BCUT2D eigenvalue weighted by molar-refractivity contribution is 0.669. The summed E-state index contributed by atoms with van der Waals surface area (Å²) in [5.41, 5.74) is 10.3. The number of hydrogen-bond donors (Lipinski definition) is 0. The van der Waals surface area contributed by atoms with Crippen LogP contribution in [0.1, 0.15) is 0 Å². The van der Waals surface area contributed by atoms with Gasteiger partial charge < -0.3 is 14.2 Å². The molecule has 0 atom stereocenters. The minimum absolute atomic E-state index is 0.841. The summed E-state index contributed by atoms with van der Waals surface area (Å²) in [4.78, 5) is 4.71. The van der Waals surface area contributed by atoms with Gasteiger partial charge in [0.15, 0.2) is 0 Å². The molecular weight excluding hydrogens is 597 g/mol. The summed E-state index contributed by atoms with van der Waals surface area (Å²) < 4.78 is 6.70. The number of nitrogens with zero attached hydrogens (tertiary/aromatic N) is 2. The molecule has 0 saturated heterocycles. The molecule has 0 unspecified atom stereocenters. The molecule has 0 fully saturated rings. The van der Waals surface area contributed by atoms with Crippen LogP contribution in [0.2, 0.25) is 0 Å². The summed E-state index contributed by atoms with van der Waals surface area (Å²) in [7, 11) is 0. The molecule has 0 bridgehead atoms. The van der Waals surface area contributed by atoms with Gasteiger partial charge in [-0.05, 0) is 82.6 Å². The third kappa shape index (κ3) is 5.18. The van der Waals surface area contributed by atoms with E-state index in [1.54, 1.807) is 0 Å². The Labute approximate surface area is 285 Å². The van der Waals surface area contributed by atoms with E-state index < -0.39 is 0 Å². The van der Waals surface area contributed by atoms with Crippen LogP contribution in [0, 0.1) is 0 Å². The van der Waals surface area contributed by atoms with Crippen molar-refractivity contribution in [1.29, 1.82) is 0 Å². The number of fused-ring (bicyclic) bond motifs is 5. The van der Waals surface area contributed by atoms with Gasteiger partial charge >= 0.3 is 0 Å². The van der Waals surface area contributed by atoms with Crippen molar-refractivity contribution in [3.63, 3.8) is 0 Å². The first kappa shape index (κ1) is 28.6. The fourth-order valence-corrected chi connectivity index (χ4v) is 6.97. The Morgan fingerprint density at radius 1 is 0.327 bits per heavy atom. The second kappa shape index (κ2) is 12.2. The van der Waals surface area contributed by atoms with Crippen molar-refractivity contribution in [2.45, 2.75) is 0 Å². The highest BCUT2D eigenvalue weighted by Crippen LogP contribution is 2.49. The topological polar surface area (TPSA) is 19.6 Å². The Kier molecular flexibility index (Phi) is 7.14. The normalized spacial score (nSPS) is 11.3. The standard InChI is InChI=1S/C46H32N2O/c1-5-16-33(17-6-1)35-19-15-26-39(30-35)48(38-24-11-4-12-25-38)42-31-41-45(49-44-29-28-34-18-13-14-27-40(34)46(41)44)32-43(42)47(36-20-7-2-8-21-36)37-22-9-3-10-23-37/h1-32H. The Hall–Kier alpha value is -6.58. The van der Waals surface area contributed by atoms with Gasteiger partial charge in [0.25, 0.3) is 0 Å². The molecule has 0 spiro atoms. The van der Waals surface area contributed by atoms with E-state index in [1.807, 2.05) is 0 Å². The van der Waals surface area contributed by atoms with E-state index in [-0.39, 0.29) is 0 Å². The average Bonchev–Trinajstić information content (AvgIpc) is 3.55. The molecule has 9 aromatic rings. The van der Waals surface area contributed by atoms with Crippen LogP contribution in [-0.2, 0) is 0 Å². The van der Waals surface area contributed by atoms with Crippen LogP contribution in [-0.4, -0.2) is 0 Å². The SMILES string of the molecule is c1ccc(-c2cccc(N(c3ccccc3)c3cc4c(cc3N(c3ccccc3)c3ccccc3)oc3ccc5ccccc5c34)c2)cc1. The molecule has 0 aliphatic carbocycles. The molecule has 1 aromatic heterocycles. The largest absolute Gasteiger partial charge is 0.456 e. The molecule has 3 nitrogen and oxygen atoms in total. The maximum atomic E-state index is 6.70. The quantitative estimate of drug-likeness (QED) is 0.175. The average molecular weight is 629 g/mol. The van der Waals surface area contributed by atoms with Gasteiger partial charge in [-0.1, -0.05) is 127 Å². The summed E-state index contributed by atoms with van der Waals surface area (Å²) in [6.45, 7) is 0. The van der Waals surface area contributed by atoms with Crippen LogP contribution in [0.5, 0.6) is 0 Å². The fraction of sp³-hybridized carbons (Fsp3) is 0. The summed E-state index contributed by atoms with van der Waals surface area (Å²) in [5, 5.41) is 4.57. The van der Waals surface area contributed by atoms with Crippen molar-refractivity contribution in [2.24, 2.45) is 0 Å². The first-order valence-corrected chi connectivity index (χ1v) is 16.6. The van der Waals surface area contributed by atoms with Crippen LogP contribution in [0.25, 0.3) is 43.8 Å². The van der Waals surface area contributed by atoms with E-state index in [2.05, 4.69) is 204 Å². The number of para-hydroxylation sites is 3. The van der Waals surface area contributed by atoms with Crippen LogP contribution in [0.15, 0.2) is 199 Å². The third-order valence-electron chi connectivity index (χ3n) is 9.19. The lowest BCUT2D eigenvalue weighted by Crippen LogP contribution is -2.17. The van der Waals surface area contributed by atoms with Gasteiger partial charge in [-0.25, -0.2) is 0 Å². The highest BCUT2D eigenvalue weighted by molar-refractivity contribution is 6.20. The molecule has 0 radical (unpaired) electrons. The Bertz CT molecular complexity index is 2500. The molecule has 49 heavy (non-hydrogen) atoms. The molecule has 1 heterocycles. The van der Waals surface area contributed by atoms with E-state index >= 15 is 0 Å². The lowest BCUT2D eigenvalue weighted by atomic mass is 10.0. The van der Waals surface area contributed by atoms with Gasteiger partial charge in [0.05, 0.1) is 11.4 Å². The molecule has 9 rings (SSSR count). The Balaban J connectivity index is 1.39. The Morgan fingerprint density at radius 3 is 1.49 bits per heavy atom. The summed E-state index contributed by atoms with van der Waals surface area (Å²) >= 11 is 0. The van der Waals surface area contributed by atoms with Gasteiger partial charge in [-0.2, -0.15) is 0 Å². The van der Waals surface area contributed by atoms with Gasteiger partial charge in [0, 0.05) is 39.6 Å². The number of rotatable bonds is 7. The lowest BCUT2D eigenvalue weighted by Gasteiger charge is -2.33. The zero-order valence-electron chi connectivity index (χ0n) is 26.8. The molecule has 232 valence electrons. The van der Waals surface area contributed by atoms with E-state index in [1.165, 1.54) is 16.3 Å². The van der Waals surface area contributed by atoms with Gasteiger partial charge in [-0.3, -0.25) is 0 Å². The summed E-state index contributed by atoms with van der Waals surface area (Å²) in [6.07, 6.45) is 0. The molecular formula is C46H32N2O. The first-order valence-electron chi connectivity index (χ1n) is 16.6. The molecule has 0 aliphatic rings. The number of furan rings is 1. The van der Waals surface area contributed by atoms with Crippen LogP contribution < -0.4 is 9.80 Å². The van der Waals surface area contributed by atoms with E-state index in [0.29, 0.717) is 0 Å². The van der Waals surface area contributed by atoms with Crippen molar-refractivity contribution in [2.75, 3.05) is 9.80 Å². The summed E-state index contributed by atoms with van der Waals surface area (Å²) in [6, 6.07) is 68.5. The predicted octanol–water partition coefficient (Wildman–Crippen LogP) is 13.3. The molecule has 0 saturated carbocycles. The highest BCUT2D eigenvalue weighted by Gasteiger charge is 2.25. The second-order valence-electron chi connectivity index (χ2n) is 12.2. The maximum Gasteiger partial charge on any atom is 0.137 e. The van der Waals surface area contributed by atoms with Gasteiger partial charge in [0.2, 0.25) is 0 Å². The smallest absolute Gasteiger partial charge is 0.137 e. The fourth-order valence-electron chi connectivity index (χ4n) is 6.97. The van der Waals surface area contributed by atoms with Crippen molar-refractivity contribution in [3.05, 3.63) is 194 Å². The van der Waals surface area contributed by atoms with Crippen molar-refractivity contribution < 1.29 is 4.42 Å². The number of hydrogen-bond acceptors (Lipinski definition) is 3. The van der Waals surface area contributed by atoms with Crippen LogP contribution in [0.4, 0.5) is 34.1 Å². The van der Waals surface area contributed by atoms with Crippen LogP contribution in [0.3, 0.4) is 0 Å². The van der Waals surface area contributed by atoms with E-state index in [0.717, 1.165) is 61.6 Å². The van der Waals surface area contributed by atoms with Crippen molar-refractivity contribution in [3.8, 4) is 11.1 Å². The van der Waals surface area contributed by atoms with Crippen LogP contribution >= 0.6 is 0 Å². The molecule has 0 amide bonds. The zero-order valence-corrected chi connectivity index (χ0v) is 26.8. The minimum Gasteiger partial charge on any atom is -0.456 e. The number of benzene rings is 8. The second-order valence-corrected chi connectivity index (χ2v) is 12.2. The van der Waals surface area contributed by atoms with Crippen molar-refractivity contribution >= 4 is 66.8 Å². The number of anilines is 6. The maximum absolute atomic E-state index is 6.70. The van der Waals surface area contributed by atoms with Crippen molar-refractivity contribution in [1.82, 2.24) is 0 Å². The molecule has 0 aliphatic heterocycles. The first-order chi connectivity index (χ1) is 24.3. The van der Waals surface area contributed by atoms with Gasteiger partial charge in [-0.15, -0.1) is 0 Å². The minimum atomic E-state index is 0.841. The molecule has 8 aromatic carbocycles. The summed E-state index contributed by atoms with van der Waals surface area (Å²) in [5.74, 6) is 0. The molecule has 0 N–H and O–H groups in total. The zero-order chi connectivity index (χ0) is 32.6. The monoisotopic (exact) mass is 628 g/mol.